The Balaban J connectivity index is 2.41. The first-order chi connectivity index (χ1) is 9.21. The number of hydrogen-bond donors (Lipinski definition) is 3. The maximum atomic E-state index is 8.92. The molecule has 0 saturated carbocycles. The molecule has 0 aliphatic carbocycles. The molecule has 0 unspecified atom stereocenters. The molecule has 0 fully saturated rings. The van der Waals surface area contributed by atoms with E-state index >= 15 is 0 Å². The molecule has 0 atom stereocenters. The number of nitrogens with zero attached hydrogens (tertiary/aromatic N) is 1. The Morgan fingerprint density at radius 3 is 2.37 bits per heavy atom. The third-order valence-electron chi connectivity index (χ3n) is 3.07. The van der Waals surface area contributed by atoms with Crippen LogP contribution in [-0.4, -0.2) is 55.1 Å². The van der Waals surface area contributed by atoms with Gasteiger partial charge in [0.25, 0.3) is 0 Å². The number of hydrogen-bond acceptors (Lipinski definition) is 5. The van der Waals surface area contributed by atoms with Crippen molar-refractivity contribution in [2.24, 2.45) is 0 Å². The van der Waals surface area contributed by atoms with Gasteiger partial charge < -0.3 is 20.7 Å². The fraction of sp³-hybridized carbons (Fsp3) is 0.571. The van der Waals surface area contributed by atoms with Crippen LogP contribution in [0.1, 0.15) is 12.0 Å². The van der Waals surface area contributed by atoms with Gasteiger partial charge in [-0.3, -0.25) is 4.90 Å². The summed E-state index contributed by atoms with van der Waals surface area (Å²) in [6.07, 6.45) is 1.88. The lowest BCUT2D eigenvalue weighted by molar-refractivity contribution is 0.160. The van der Waals surface area contributed by atoms with E-state index in [1.165, 1.54) is 5.56 Å². The van der Waals surface area contributed by atoms with E-state index in [0.717, 1.165) is 19.4 Å². The zero-order valence-corrected chi connectivity index (χ0v) is 11.5. The third-order valence-corrected chi connectivity index (χ3v) is 3.07. The third kappa shape index (κ3) is 5.46. The molecule has 5 heteroatoms. The second kappa shape index (κ2) is 8.74. The highest BCUT2D eigenvalue weighted by atomic mass is 16.5. The van der Waals surface area contributed by atoms with E-state index in [1.54, 1.807) is 7.11 Å². The minimum atomic E-state index is 0.121. The summed E-state index contributed by atoms with van der Waals surface area (Å²) in [5, 5.41) is 17.8. The number of aliphatic hydroxyl groups excluding tert-OH is 2. The minimum absolute atomic E-state index is 0.121. The molecule has 19 heavy (non-hydrogen) atoms. The second-order valence-corrected chi connectivity index (χ2v) is 4.47. The van der Waals surface area contributed by atoms with Crippen molar-refractivity contribution in [3.63, 3.8) is 0 Å². The summed E-state index contributed by atoms with van der Waals surface area (Å²) in [4.78, 5) is 2.05. The molecule has 0 saturated heterocycles. The van der Waals surface area contributed by atoms with E-state index in [0.29, 0.717) is 24.5 Å². The van der Waals surface area contributed by atoms with Crippen LogP contribution in [-0.2, 0) is 6.42 Å². The maximum Gasteiger partial charge on any atom is 0.141 e. The van der Waals surface area contributed by atoms with Crippen molar-refractivity contribution in [3.05, 3.63) is 23.8 Å². The first-order valence-corrected chi connectivity index (χ1v) is 6.57. The number of aliphatic hydroxyl groups is 2. The number of nitrogen functional groups attached to an aromatic ring is 1. The van der Waals surface area contributed by atoms with E-state index in [4.69, 9.17) is 20.7 Å². The van der Waals surface area contributed by atoms with Crippen molar-refractivity contribution >= 4 is 5.69 Å². The Bertz CT molecular complexity index is 366. The number of benzene rings is 1. The number of ether oxygens (including phenoxy) is 1. The molecule has 0 radical (unpaired) electrons. The molecular formula is C14H24N2O3. The lowest BCUT2D eigenvalue weighted by Gasteiger charge is -2.19. The zero-order valence-electron chi connectivity index (χ0n) is 11.5. The van der Waals surface area contributed by atoms with Crippen molar-refractivity contribution in [1.82, 2.24) is 4.90 Å². The zero-order chi connectivity index (χ0) is 14.1. The SMILES string of the molecule is COc1ccc(CCCN(CCO)CCO)cc1N. The van der Waals surface area contributed by atoms with Gasteiger partial charge in [-0.25, -0.2) is 0 Å². The molecular weight excluding hydrogens is 244 g/mol. The molecule has 1 aromatic rings. The highest BCUT2D eigenvalue weighted by Gasteiger charge is 2.04. The molecule has 4 N–H and O–H groups in total. The minimum Gasteiger partial charge on any atom is -0.495 e. The van der Waals surface area contributed by atoms with Crippen molar-refractivity contribution < 1.29 is 14.9 Å². The lowest BCUT2D eigenvalue weighted by atomic mass is 10.1. The number of nitrogens with two attached hydrogens (primary N) is 1. The van der Waals surface area contributed by atoms with Gasteiger partial charge in [0.05, 0.1) is 26.0 Å². The molecule has 0 spiro atoms. The predicted octanol–water partition coefficient (Wildman–Crippen LogP) is 0.497. The van der Waals surface area contributed by atoms with Crippen LogP contribution in [0.5, 0.6) is 5.75 Å². The fourth-order valence-corrected chi connectivity index (χ4v) is 2.06. The number of rotatable bonds is 9. The van der Waals surface area contributed by atoms with Crippen LogP contribution >= 0.6 is 0 Å². The van der Waals surface area contributed by atoms with E-state index < -0.39 is 0 Å². The van der Waals surface area contributed by atoms with Crippen molar-refractivity contribution in [3.8, 4) is 5.75 Å². The van der Waals surface area contributed by atoms with Crippen molar-refractivity contribution in [1.29, 1.82) is 0 Å². The van der Waals surface area contributed by atoms with Gasteiger partial charge in [0.2, 0.25) is 0 Å². The number of aryl methyl sites for hydroxylation is 1. The van der Waals surface area contributed by atoms with Gasteiger partial charge in [0, 0.05) is 13.1 Å². The predicted molar refractivity (Wildman–Crippen MR) is 76.3 cm³/mol. The van der Waals surface area contributed by atoms with Crippen LogP contribution in [0.3, 0.4) is 0 Å². The summed E-state index contributed by atoms with van der Waals surface area (Å²) in [7, 11) is 1.60. The Morgan fingerprint density at radius 2 is 1.84 bits per heavy atom. The Kier molecular flexibility index (Phi) is 7.25. The largest absolute Gasteiger partial charge is 0.495 e. The molecule has 0 amide bonds. The van der Waals surface area contributed by atoms with Crippen LogP contribution in [0, 0.1) is 0 Å². The average molecular weight is 268 g/mol. The van der Waals surface area contributed by atoms with Crippen LogP contribution in [0.2, 0.25) is 0 Å². The van der Waals surface area contributed by atoms with Gasteiger partial charge in [-0.1, -0.05) is 6.07 Å². The summed E-state index contributed by atoms with van der Waals surface area (Å²) >= 11 is 0. The number of methoxy groups -OCH3 is 1. The van der Waals surface area contributed by atoms with Crippen LogP contribution in [0.15, 0.2) is 18.2 Å². The van der Waals surface area contributed by atoms with Gasteiger partial charge >= 0.3 is 0 Å². The quantitative estimate of drug-likeness (QED) is 0.568. The summed E-state index contributed by atoms with van der Waals surface area (Å²) in [5.41, 5.74) is 7.68. The van der Waals surface area contributed by atoms with E-state index in [9.17, 15) is 0 Å². The Labute approximate surface area is 114 Å². The van der Waals surface area contributed by atoms with E-state index in [-0.39, 0.29) is 13.2 Å². The highest BCUT2D eigenvalue weighted by Crippen LogP contribution is 2.22. The van der Waals surface area contributed by atoms with Gasteiger partial charge in [-0.05, 0) is 37.1 Å². The smallest absolute Gasteiger partial charge is 0.141 e. The Hall–Kier alpha value is -1.30. The van der Waals surface area contributed by atoms with Crippen molar-refractivity contribution in [2.45, 2.75) is 12.8 Å². The first kappa shape index (κ1) is 15.8. The molecule has 1 rings (SSSR count). The lowest BCUT2D eigenvalue weighted by Crippen LogP contribution is -2.31. The topological polar surface area (TPSA) is 79.0 Å². The molecule has 0 aliphatic heterocycles. The summed E-state index contributed by atoms with van der Waals surface area (Å²) in [6.45, 7) is 2.30. The molecule has 1 aromatic carbocycles. The summed E-state index contributed by atoms with van der Waals surface area (Å²) in [5.74, 6) is 0.700. The van der Waals surface area contributed by atoms with Gasteiger partial charge in [0.15, 0.2) is 0 Å². The molecule has 5 nitrogen and oxygen atoms in total. The Morgan fingerprint density at radius 1 is 1.16 bits per heavy atom. The molecule has 0 aromatic heterocycles. The highest BCUT2D eigenvalue weighted by molar-refractivity contribution is 5.54. The molecule has 108 valence electrons. The first-order valence-electron chi connectivity index (χ1n) is 6.57. The summed E-state index contributed by atoms with van der Waals surface area (Å²) in [6, 6.07) is 5.82. The van der Waals surface area contributed by atoms with E-state index in [1.807, 2.05) is 23.1 Å². The van der Waals surface area contributed by atoms with Gasteiger partial charge in [-0.15, -0.1) is 0 Å². The monoisotopic (exact) mass is 268 g/mol. The van der Waals surface area contributed by atoms with Crippen LogP contribution in [0.4, 0.5) is 5.69 Å². The van der Waals surface area contributed by atoms with Crippen LogP contribution < -0.4 is 10.5 Å². The van der Waals surface area contributed by atoms with E-state index in [2.05, 4.69) is 0 Å². The molecule has 0 bridgehead atoms. The summed E-state index contributed by atoms with van der Waals surface area (Å²) < 4.78 is 5.12. The fourth-order valence-electron chi connectivity index (χ4n) is 2.06. The van der Waals surface area contributed by atoms with Crippen LogP contribution in [0.25, 0.3) is 0 Å². The molecule has 0 aliphatic rings. The average Bonchev–Trinajstić information content (AvgIpc) is 2.39. The van der Waals surface area contributed by atoms with Crippen molar-refractivity contribution in [2.75, 3.05) is 45.7 Å². The maximum absolute atomic E-state index is 8.92. The number of anilines is 1. The van der Waals surface area contributed by atoms with Gasteiger partial charge in [0.1, 0.15) is 5.75 Å². The molecule has 0 heterocycles. The standard InChI is InChI=1S/C14H24N2O3/c1-19-14-5-4-12(11-13(14)15)3-2-6-16(7-9-17)8-10-18/h4-5,11,17-18H,2-3,6-10,15H2,1H3. The normalized spacial score (nSPS) is 10.9. The van der Waals surface area contributed by atoms with Gasteiger partial charge in [-0.2, -0.15) is 0 Å². The second-order valence-electron chi connectivity index (χ2n) is 4.47.